The van der Waals surface area contributed by atoms with Crippen LogP contribution in [0, 0.1) is 0 Å². The maximum Gasteiger partial charge on any atom is 0.255 e. The highest BCUT2D eigenvalue weighted by atomic mass is 35.5. The first kappa shape index (κ1) is 17.1. The minimum Gasteiger partial charge on any atom is -0.493 e. The van der Waals surface area contributed by atoms with E-state index in [1.807, 2.05) is 6.92 Å². The molecule has 0 heterocycles. The molecule has 7 heteroatoms. The smallest absolute Gasteiger partial charge is 0.255 e. The molecule has 0 aliphatic carbocycles. The van der Waals surface area contributed by atoms with Gasteiger partial charge in [-0.1, -0.05) is 24.9 Å². The topological polar surface area (TPSA) is 90.6 Å². The molecule has 0 aliphatic rings. The number of methoxy groups -OCH3 is 1. The molecule has 0 saturated carbocycles. The second-order valence-electron chi connectivity index (χ2n) is 4.35. The molecule has 0 unspecified atom stereocenters. The number of nitrogens with two attached hydrogens (primary N) is 1. The van der Waals surface area contributed by atoms with E-state index in [-0.39, 0.29) is 29.0 Å². The first-order valence-electron chi connectivity index (χ1n) is 6.56. The van der Waals surface area contributed by atoms with Crippen molar-refractivity contribution in [3.05, 3.63) is 22.7 Å². The Hall–Kier alpha value is -1.95. The van der Waals surface area contributed by atoms with Crippen LogP contribution in [0.15, 0.2) is 12.1 Å². The maximum absolute atomic E-state index is 12.0. The lowest BCUT2D eigenvalue weighted by molar-refractivity contribution is -0.119. The van der Waals surface area contributed by atoms with Gasteiger partial charge in [-0.15, -0.1) is 0 Å². The summed E-state index contributed by atoms with van der Waals surface area (Å²) in [6, 6.07) is 2.96. The SMILES string of the molecule is CCCCNC(=O)c1cc(Cl)c(OCC(N)=O)c(OC)c1. The van der Waals surface area contributed by atoms with Gasteiger partial charge in [0.2, 0.25) is 0 Å². The number of halogens is 1. The van der Waals surface area contributed by atoms with E-state index in [0.717, 1.165) is 12.8 Å². The first-order valence-corrected chi connectivity index (χ1v) is 6.94. The number of amides is 2. The average Bonchev–Trinajstić information content (AvgIpc) is 2.45. The predicted molar refractivity (Wildman–Crippen MR) is 79.9 cm³/mol. The van der Waals surface area contributed by atoms with Crippen LogP contribution in [0.4, 0.5) is 0 Å². The highest BCUT2D eigenvalue weighted by molar-refractivity contribution is 6.32. The normalized spacial score (nSPS) is 10.0. The second kappa shape index (κ2) is 8.36. The third-order valence-electron chi connectivity index (χ3n) is 2.67. The molecule has 116 valence electrons. The van der Waals surface area contributed by atoms with Crippen molar-refractivity contribution in [2.75, 3.05) is 20.3 Å². The molecule has 0 saturated heterocycles. The number of benzene rings is 1. The molecule has 0 aromatic heterocycles. The predicted octanol–water partition coefficient (Wildman–Crippen LogP) is 1.74. The zero-order chi connectivity index (χ0) is 15.8. The number of carbonyl (C=O) groups excluding carboxylic acids is 2. The lowest BCUT2D eigenvalue weighted by Gasteiger charge is -2.13. The fraction of sp³-hybridized carbons (Fsp3) is 0.429. The van der Waals surface area contributed by atoms with Gasteiger partial charge in [-0.3, -0.25) is 9.59 Å². The van der Waals surface area contributed by atoms with Gasteiger partial charge in [-0.25, -0.2) is 0 Å². The Morgan fingerprint density at radius 1 is 1.38 bits per heavy atom. The summed E-state index contributed by atoms with van der Waals surface area (Å²) in [5.41, 5.74) is 5.38. The Morgan fingerprint density at radius 3 is 2.67 bits per heavy atom. The summed E-state index contributed by atoms with van der Waals surface area (Å²) < 4.78 is 10.3. The lowest BCUT2D eigenvalue weighted by Crippen LogP contribution is -2.24. The summed E-state index contributed by atoms with van der Waals surface area (Å²) in [4.78, 5) is 22.7. The zero-order valence-corrected chi connectivity index (χ0v) is 12.8. The van der Waals surface area contributed by atoms with Crippen molar-refractivity contribution in [1.29, 1.82) is 0 Å². The number of rotatable bonds is 8. The summed E-state index contributed by atoms with van der Waals surface area (Å²) in [5, 5.41) is 2.96. The van der Waals surface area contributed by atoms with Gasteiger partial charge in [-0.2, -0.15) is 0 Å². The number of unbranched alkanes of at least 4 members (excludes halogenated alkanes) is 1. The fourth-order valence-electron chi connectivity index (χ4n) is 1.62. The van der Waals surface area contributed by atoms with Gasteiger partial charge in [-0.05, 0) is 18.6 Å². The standard InChI is InChI=1S/C14H19ClN2O4/c1-3-4-5-17-14(19)9-6-10(15)13(11(7-9)20-2)21-8-12(16)18/h6-7H,3-5,8H2,1-2H3,(H2,16,18)(H,17,19). The molecule has 0 bridgehead atoms. The van der Waals surface area contributed by atoms with Crippen LogP contribution in [0.25, 0.3) is 0 Å². The van der Waals surface area contributed by atoms with E-state index in [0.29, 0.717) is 12.1 Å². The van der Waals surface area contributed by atoms with Crippen molar-refractivity contribution >= 4 is 23.4 Å². The summed E-state index contributed by atoms with van der Waals surface area (Å²) in [6.07, 6.45) is 1.89. The van der Waals surface area contributed by atoms with Gasteiger partial charge >= 0.3 is 0 Å². The highest BCUT2D eigenvalue weighted by Gasteiger charge is 2.16. The first-order chi connectivity index (χ1) is 9.99. The highest BCUT2D eigenvalue weighted by Crippen LogP contribution is 2.36. The minimum absolute atomic E-state index is 0.177. The van der Waals surface area contributed by atoms with Crippen molar-refractivity contribution in [3.8, 4) is 11.5 Å². The van der Waals surface area contributed by atoms with Gasteiger partial charge in [0.15, 0.2) is 18.1 Å². The molecule has 0 spiro atoms. The zero-order valence-electron chi connectivity index (χ0n) is 12.1. The van der Waals surface area contributed by atoms with Crippen LogP contribution in [-0.4, -0.2) is 32.1 Å². The quantitative estimate of drug-likeness (QED) is 0.715. The van der Waals surface area contributed by atoms with Crippen LogP contribution in [0.3, 0.4) is 0 Å². The molecule has 1 aromatic carbocycles. The van der Waals surface area contributed by atoms with Crippen molar-refractivity contribution < 1.29 is 19.1 Å². The van der Waals surface area contributed by atoms with Crippen LogP contribution in [0.1, 0.15) is 30.1 Å². The van der Waals surface area contributed by atoms with Crippen molar-refractivity contribution in [1.82, 2.24) is 5.32 Å². The number of nitrogens with one attached hydrogen (secondary N) is 1. The molecule has 0 aliphatic heterocycles. The minimum atomic E-state index is -0.630. The summed E-state index contributed by atoms with van der Waals surface area (Å²) in [7, 11) is 1.42. The van der Waals surface area contributed by atoms with Crippen molar-refractivity contribution in [2.45, 2.75) is 19.8 Å². The van der Waals surface area contributed by atoms with Gasteiger partial charge < -0.3 is 20.5 Å². The molecule has 0 atom stereocenters. The Balaban J connectivity index is 2.92. The van der Waals surface area contributed by atoms with Crippen LogP contribution in [0.5, 0.6) is 11.5 Å². The number of primary amides is 1. The van der Waals surface area contributed by atoms with E-state index in [2.05, 4.69) is 5.32 Å². The molecule has 6 nitrogen and oxygen atoms in total. The fourth-order valence-corrected chi connectivity index (χ4v) is 1.88. The van der Waals surface area contributed by atoms with E-state index in [1.165, 1.54) is 19.2 Å². The molecule has 1 aromatic rings. The number of hydrogen-bond donors (Lipinski definition) is 2. The Kier molecular flexibility index (Phi) is 6.81. The summed E-state index contributed by atoms with van der Waals surface area (Å²) >= 11 is 6.07. The van der Waals surface area contributed by atoms with Crippen LogP contribution >= 0.6 is 11.6 Å². The van der Waals surface area contributed by atoms with E-state index >= 15 is 0 Å². The summed E-state index contributed by atoms with van der Waals surface area (Å²) in [6.45, 7) is 2.31. The second-order valence-corrected chi connectivity index (χ2v) is 4.76. The Bertz CT molecular complexity index is 520. The van der Waals surface area contributed by atoms with E-state index in [9.17, 15) is 9.59 Å². The Labute approximate surface area is 128 Å². The summed E-state index contributed by atoms with van der Waals surface area (Å²) in [5.74, 6) is -0.424. The maximum atomic E-state index is 12.0. The van der Waals surface area contributed by atoms with Gasteiger partial charge in [0.1, 0.15) is 0 Å². The monoisotopic (exact) mass is 314 g/mol. The number of carbonyl (C=O) groups is 2. The van der Waals surface area contributed by atoms with E-state index in [4.69, 9.17) is 26.8 Å². The molecule has 0 fully saturated rings. The Morgan fingerprint density at radius 2 is 2.10 bits per heavy atom. The van der Waals surface area contributed by atoms with E-state index in [1.54, 1.807) is 0 Å². The molecule has 1 rings (SSSR count). The molecular formula is C14H19ClN2O4. The molecule has 21 heavy (non-hydrogen) atoms. The lowest BCUT2D eigenvalue weighted by atomic mass is 10.2. The van der Waals surface area contributed by atoms with Crippen LogP contribution in [-0.2, 0) is 4.79 Å². The van der Waals surface area contributed by atoms with E-state index < -0.39 is 5.91 Å². The van der Waals surface area contributed by atoms with Crippen molar-refractivity contribution in [2.24, 2.45) is 5.73 Å². The van der Waals surface area contributed by atoms with Crippen LogP contribution in [0.2, 0.25) is 5.02 Å². The third-order valence-corrected chi connectivity index (χ3v) is 2.95. The third kappa shape index (κ3) is 5.15. The van der Waals surface area contributed by atoms with Crippen LogP contribution < -0.4 is 20.5 Å². The molecule has 3 N–H and O–H groups in total. The molecule has 0 radical (unpaired) electrons. The van der Waals surface area contributed by atoms with Gasteiger partial charge in [0, 0.05) is 12.1 Å². The van der Waals surface area contributed by atoms with Gasteiger partial charge in [0.05, 0.1) is 12.1 Å². The molecule has 2 amide bonds. The largest absolute Gasteiger partial charge is 0.493 e. The average molecular weight is 315 g/mol. The molecular weight excluding hydrogens is 296 g/mol. The van der Waals surface area contributed by atoms with Gasteiger partial charge in [0.25, 0.3) is 11.8 Å². The number of ether oxygens (including phenoxy) is 2. The number of hydrogen-bond acceptors (Lipinski definition) is 4. The van der Waals surface area contributed by atoms with Crippen molar-refractivity contribution in [3.63, 3.8) is 0 Å².